The summed E-state index contributed by atoms with van der Waals surface area (Å²) in [7, 11) is 1.69. The number of amides is 1. The van der Waals surface area contributed by atoms with Crippen LogP contribution in [0.4, 0.5) is 0 Å². The molecule has 2 aromatic rings. The minimum Gasteiger partial charge on any atom is -0.383 e. The van der Waals surface area contributed by atoms with Crippen molar-refractivity contribution in [3.63, 3.8) is 0 Å². The molecule has 0 aliphatic carbocycles. The van der Waals surface area contributed by atoms with Crippen LogP contribution in [0.25, 0.3) is 11.0 Å². The third kappa shape index (κ3) is 3.03. The van der Waals surface area contributed by atoms with Crippen molar-refractivity contribution in [2.75, 3.05) is 33.4 Å². The Morgan fingerprint density at radius 1 is 1.25 bits per heavy atom. The average molecular weight is 346 g/mol. The van der Waals surface area contributed by atoms with Gasteiger partial charge in [-0.25, -0.2) is 0 Å². The lowest BCUT2D eigenvalue weighted by atomic mass is 9.94. The number of nitrogens with zero attached hydrogens (tertiary/aromatic N) is 4. The minimum absolute atomic E-state index is 0.130. The van der Waals surface area contributed by atoms with Crippen LogP contribution in [-0.4, -0.2) is 63.8 Å². The van der Waals surface area contributed by atoms with Crippen molar-refractivity contribution in [1.29, 1.82) is 0 Å². The van der Waals surface area contributed by atoms with Crippen LogP contribution < -0.4 is 0 Å². The van der Waals surface area contributed by atoms with E-state index in [-0.39, 0.29) is 5.92 Å². The molecule has 0 N–H and O–H groups in total. The predicted octanol–water partition coefficient (Wildman–Crippen LogP) is 1.76. The third-order valence-corrected chi connectivity index (χ3v) is 5.69. The number of aromatic nitrogens is 2. The van der Waals surface area contributed by atoms with Gasteiger partial charge in [0, 0.05) is 39.3 Å². The van der Waals surface area contributed by atoms with Gasteiger partial charge in [-0.05, 0) is 30.5 Å². The molecule has 0 unspecified atom stereocenters. The molecule has 2 atom stereocenters. The van der Waals surface area contributed by atoms with Gasteiger partial charge in [-0.1, -0.05) is 6.07 Å². The van der Waals surface area contributed by atoms with Gasteiger partial charge in [-0.3, -0.25) is 9.69 Å². The van der Waals surface area contributed by atoms with Crippen LogP contribution in [0.5, 0.6) is 0 Å². The first kappa shape index (κ1) is 15.9. The maximum Gasteiger partial charge on any atom is 0.227 e. The molecule has 1 amide bonds. The highest BCUT2D eigenvalue weighted by Gasteiger charge is 2.40. The fourth-order valence-electron chi connectivity index (χ4n) is 3.93. The van der Waals surface area contributed by atoms with Crippen molar-refractivity contribution in [3.05, 3.63) is 23.8 Å². The number of piperidine rings is 1. The van der Waals surface area contributed by atoms with Gasteiger partial charge in [0.05, 0.1) is 24.3 Å². The fraction of sp³-hybridized carbons (Fsp3) is 0.588. The Morgan fingerprint density at radius 2 is 2.12 bits per heavy atom. The second kappa shape index (κ2) is 6.74. The van der Waals surface area contributed by atoms with E-state index in [4.69, 9.17) is 4.74 Å². The van der Waals surface area contributed by atoms with Crippen molar-refractivity contribution in [1.82, 2.24) is 18.5 Å². The van der Waals surface area contributed by atoms with Crippen LogP contribution in [0.1, 0.15) is 18.4 Å². The summed E-state index contributed by atoms with van der Waals surface area (Å²) in [5, 5.41) is 0. The summed E-state index contributed by atoms with van der Waals surface area (Å²) < 4.78 is 13.8. The zero-order chi connectivity index (χ0) is 16.5. The summed E-state index contributed by atoms with van der Waals surface area (Å²) in [6.45, 7) is 3.99. The Morgan fingerprint density at radius 3 is 3.00 bits per heavy atom. The molecule has 7 heteroatoms. The van der Waals surface area contributed by atoms with Crippen LogP contribution >= 0.6 is 11.7 Å². The summed E-state index contributed by atoms with van der Waals surface area (Å²) in [6, 6.07) is 6.60. The van der Waals surface area contributed by atoms with E-state index in [2.05, 4.69) is 25.8 Å². The smallest absolute Gasteiger partial charge is 0.227 e. The first-order valence-corrected chi connectivity index (χ1v) is 9.20. The lowest BCUT2D eigenvalue weighted by Gasteiger charge is -2.35. The van der Waals surface area contributed by atoms with E-state index in [0.717, 1.165) is 43.5 Å². The van der Waals surface area contributed by atoms with Crippen molar-refractivity contribution in [2.24, 2.45) is 5.92 Å². The van der Waals surface area contributed by atoms with Gasteiger partial charge in [-0.15, -0.1) is 0 Å². The first-order chi connectivity index (χ1) is 11.7. The van der Waals surface area contributed by atoms with E-state index in [9.17, 15) is 4.79 Å². The Kier molecular flexibility index (Phi) is 4.47. The highest BCUT2D eigenvalue weighted by molar-refractivity contribution is 7.00. The van der Waals surface area contributed by atoms with Crippen molar-refractivity contribution in [2.45, 2.75) is 25.4 Å². The van der Waals surface area contributed by atoms with Gasteiger partial charge in [0.15, 0.2) is 0 Å². The molecule has 1 aromatic heterocycles. The number of methoxy groups -OCH3 is 1. The van der Waals surface area contributed by atoms with Gasteiger partial charge < -0.3 is 9.64 Å². The Labute approximate surface area is 145 Å². The number of hydrogen-bond donors (Lipinski definition) is 0. The van der Waals surface area contributed by atoms with E-state index in [1.54, 1.807) is 7.11 Å². The number of carbonyl (C=O) groups excluding carboxylic acids is 1. The van der Waals surface area contributed by atoms with Gasteiger partial charge in [-0.2, -0.15) is 8.75 Å². The second-order valence-corrected chi connectivity index (χ2v) is 7.26. The van der Waals surface area contributed by atoms with Crippen molar-refractivity contribution < 1.29 is 9.53 Å². The highest BCUT2D eigenvalue weighted by atomic mass is 32.1. The van der Waals surface area contributed by atoms with E-state index in [0.29, 0.717) is 25.1 Å². The van der Waals surface area contributed by atoms with E-state index in [1.165, 1.54) is 17.3 Å². The number of ether oxygens (including phenoxy) is 1. The number of carbonyl (C=O) groups is 1. The summed E-state index contributed by atoms with van der Waals surface area (Å²) in [5.41, 5.74) is 3.17. The third-order valence-electron chi connectivity index (χ3n) is 5.13. The molecule has 3 aliphatic rings. The average Bonchev–Trinajstić information content (AvgIpc) is 2.90. The standard InChI is InChI=1S/C17H22N4O2S/c1-23-7-6-21-14-4-3-13(17(21)22)10-20(11-14)9-12-2-5-15-16(8-12)19-24-18-15/h2,5,8,13-14H,3-4,6-7,9-11H2,1H3/t13-,14+/m0/s1. The monoisotopic (exact) mass is 346 g/mol. The lowest BCUT2D eigenvalue weighted by Crippen LogP contribution is -2.49. The van der Waals surface area contributed by atoms with Crippen LogP contribution in [0.2, 0.25) is 0 Å². The molecule has 128 valence electrons. The molecule has 6 nitrogen and oxygen atoms in total. The maximum atomic E-state index is 12.7. The lowest BCUT2D eigenvalue weighted by molar-refractivity contribution is -0.140. The van der Waals surface area contributed by atoms with Gasteiger partial charge in [0.25, 0.3) is 0 Å². The summed E-state index contributed by atoms with van der Waals surface area (Å²) in [6.07, 6.45) is 2.12. The Balaban J connectivity index is 1.49. The second-order valence-electron chi connectivity index (χ2n) is 6.73. The normalized spacial score (nSPS) is 24.7. The SMILES string of the molecule is COCCN1C(=O)[C@H]2CC[C@@H]1CN(Cc1ccc3nsnc3c1)C2. The Bertz CT molecular complexity index is 734. The molecule has 3 saturated heterocycles. The number of hydrogen-bond acceptors (Lipinski definition) is 6. The van der Waals surface area contributed by atoms with Gasteiger partial charge >= 0.3 is 0 Å². The molecule has 4 heterocycles. The summed E-state index contributed by atoms with van der Waals surface area (Å²) in [4.78, 5) is 17.1. The maximum absolute atomic E-state index is 12.7. The highest BCUT2D eigenvalue weighted by Crippen LogP contribution is 2.30. The molecule has 2 bridgehead atoms. The quantitative estimate of drug-likeness (QED) is 0.826. The largest absolute Gasteiger partial charge is 0.383 e. The molecule has 1 aromatic carbocycles. The number of rotatable bonds is 5. The van der Waals surface area contributed by atoms with E-state index in [1.807, 2.05) is 11.0 Å². The molecule has 0 saturated carbocycles. The number of benzene rings is 1. The van der Waals surface area contributed by atoms with Crippen LogP contribution in [0, 0.1) is 5.92 Å². The molecule has 5 rings (SSSR count). The first-order valence-electron chi connectivity index (χ1n) is 8.47. The predicted molar refractivity (Wildman–Crippen MR) is 92.8 cm³/mol. The zero-order valence-electron chi connectivity index (χ0n) is 13.9. The number of fused-ring (bicyclic) bond motifs is 5. The van der Waals surface area contributed by atoms with Crippen molar-refractivity contribution in [3.8, 4) is 0 Å². The molecular weight excluding hydrogens is 324 g/mol. The van der Waals surface area contributed by atoms with Crippen LogP contribution in [0.3, 0.4) is 0 Å². The topological polar surface area (TPSA) is 58.6 Å². The van der Waals surface area contributed by atoms with E-state index >= 15 is 0 Å². The summed E-state index contributed by atoms with van der Waals surface area (Å²) >= 11 is 1.25. The van der Waals surface area contributed by atoms with E-state index < -0.39 is 0 Å². The zero-order valence-corrected chi connectivity index (χ0v) is 14.7. The molecule has 0 spiro atoms. The molecule has 0 radical (unpaired) electrons. The van der Waals surface area contributed by atoms with Gasteiger partial charge in [0.1, 0.15) is 11.0 Å². The minimum atomic E-state index is 0.130. The van der Waals surface area contributed by atoms with Gasteiger partial charge in [0.2, 0.25) is 5.91 Å². The van der Waals surface area contributed by atoms with Crippen LogP contribution in [-0.2, 0) is 16.1 Å². The molecule has 24 heavy (non-hydrogen) atoms. The molecule has 3 aliphatic heterocycles. The molecular formula is C17H22N4O2S. The van der Waals surface area contributed by atoms with Crippen LogP contribution in [0.15, 0.2) is 18.2 Å². The Hall–Kier alpha value is -1.57. The fourth-order valence-corrected chi connectivity index (χ4v) is 4.44. The van der Waals surface area contributed by atoms with Crippen molar-refractivity contribution >= 4 is 28.7 Å². The molecule has 3 fully saturated rings. The summed E-state index contributed by atoms with van der Waals surface area (Å²) in [5.74, 6) is 0.440.